The summed E-state index contributed by atoms with van der Waals surface area (Å²) in [6.45, 7) is 1.45. The van der Waals surface area contributed by atoms with Crippen molar-refractivity contribution in [1.29, 1.82) is 0 Å². The number of unbranched alkanes of at least 4 members (excludes halogenated alkanes) is 10. The van der Waals surface area contributed by atoms with Gasteiger partial charge in [-0.3, -0.25) is 4.79 Å². The van der Waals surface area contributed by atoms with Gasteiger partial charge in [0.25, 0.3) is 0 Å². The predicted octanol–water partition coefficient (Wildman–Crippen LogP) is 9.32. The Bertz CT molecular complexity index is 2320. The van der Waals surface area contributed by atoms with Gasteiger partial charge in [-0.15, -0.1) is 0 Å². The fraction of sp³-hybridized carbons (Fsp3) is 0.640. The normalized spacial score (nSPS) is 28.4. The second-order valence-electron chi connectivity index (χ2n) is 23.9. The van der Waals surface area contributed by atoms with Crippen LogP contribution in [0.25, 0.3) is 0 Å². The molecule has 0 spiro atoms. The van der Waals surface area contributed by atoms with Crippen LogP contribution in [0.1, 0.15) is 174 Å². The molecule has 0 aromatic heterocycles. The minimum absolute atomic E-state index is 0.211. The zero-order chi connectivity index (χ0) is 68.2. The molecule has 0 aliphatic carbocycles. The van der Waals surface area contributed by atoms with Gasteiger partial charge in [-0.05, 0) is 109 Å². The topological polar surface area (TPSA) is 307 Å². The first-order chi connectivity index (χ1) is 45.8. The molecule has 3 fully saturated rings. The van der Waals surface area contributed by atoms with Crippen molar-refractivity contribution in [2.24, 2.45) is 0 Å². The Kier molecular flexibility index (Phi) is 48.4. The minimum Gasteiger partial charge on any atom is -0.394 e. The van der Waals surface area contributed by atoms with E-state index in [4.69, 9.17) is 28.4 Å². The number of carbonyl (C=O) groups is 1. The van der Waals surface area contributed by atoms with Crippen molar-refractivity contribution in [2.75, 3.05) is 26.4 Å². The minimum atomic E-state index is -1.99. The molecule has 12 N–H and O–H groups in total. The molecule has 3 aliphatic rings. The van der Waals surface area contributed by atoms with Crippen molar-refractivity contribution < 1.29 is 89.4 Å². The number of ether oxygens (including phenoxy) is 6. The summed E-state index contributed by atoms with van der Waals surface area (Å²) in [7, 11) is 0. The zero-order valence-electron chi connectivity index (χ0n) is 56.1. The Morgan fingerprint density at radius 2 is 0.745 bits per heavy atom. The molecule has 532 valence electrons. The van der Waals surface area contributed by atoms with E-state index < -0.39 is 124 Å². The van der Waals surface area contributed by atoms with Crippen LogP contribution in [0.2, 0.25) is 0 Å². The highest BCUT2D eigenvalue weighted by molar-refractivity contribution is 5.76. The Morgan fingerprint density at radius 1 is 0.394 bits per heavy atom. The van der Waals surface area contributed by atoms with Crippen LogP contribution in [0.5, 0.6) is 0 Å². The highest BCUT2D eigenvalue weighted by Gasteiger charge is 2.53. The number of aliphatic hydroxyl groups is 11. The molecule has 19 nitrogen and oxygen atoms in total. The first-order valence-corrected chi connectivity index (χ1v) is 34.7. The van der Waals surface area contributed by atoms with Crippen molar-refractivity contribution in [3.8, 4) is 0 Å². The summed E-state index contributed by atoms with van der Waals surface area (Å²) in [5.41, 5.74) is 0. The lowest BCUT2D eigenvalue weighted by Gasteiger charge is -2.48. The number of carbonyl (C=O) groups excluding carboxylic acids is 1. The largest absolute Gasteiger partial charge is 0.394 e. The fourth-order valence-corrected chi connectivity index (χ4v) is 10.4. The van der Waals surface area contributed by atoms with Crippen LogP contribution in [-0.4, -0.2) is 193 Å². The van der Waals surface area contributed by atoms with E-state index in [0.29, 0.717) is 12.8 Å². The average molecular weight is 1320 g/mol. The number of amides is 1. The van der Waals surface area contributed by atoms with Gasteiger partial charge in [0.2, 0.25) is 5.91 Å². The first-order valence-electron chi connectivity index (χ1n) is 34.7. The molecule has 0 radical (unpaired) electrons. The quantitative estimate of drug-likeness (QED) is 0.0199. The van der Waals surface area contributed by atoms with E-state index in [1.807, 2.05) is 6.08 Å². The molecule has 3 heterocycles. The van der Waals surface area contributed by atoms with Crippen LogP contribution < -0.4 is 5.32 Å². The van der Waals surface area contributed by atoms with E-state index in [-0.39, 0.29) is 18.9 Å². The number of hydrogen-bond acceptors (Lipinski definition) is 18. The molecule has 3 aliphatic heterocycles. The van der Waals surface area contributed by atoms with Crippen LogP contribution in [0.4, 0.5) is 0 Å². The van der Waals surface area contributed by atoms with E-state index in [9.17, 15) is 61.0 Å². The fourth-order valence-electron chi connectivity index (χ4n) is 10.4. The molecular formula is C75H119NO18. The van der Waals surface area contributed by atoms with Crippen molar-refractivity contribution >= 4 is 5.91 Å². The summed E-state index contributed by atoms with van der Waals surface area (Å²) in [6, 6.07) is -1.00. The SMILES string of the molecule is CC/C=C\C/C=C\C/C=C\C/C=C\C/C=C\C/C=C\C/C=C\C/C=C\C/C=C\C/C=C\C/C=C\CCCCCCCCCC(=O)NC(COC1OC(CO)C(OC2OC(CO)C(OC3OC(CO)C(O)C(O)C3O)C(O)C2O)C(O)C1O)C(O)/C=C/CC/C=C/CCCC. The first kappa shape index (κ1) is 83.6. The smallest absolute Gasteiger partial charge is 0.220 e. The van der Waals surface area contributed by atoms with Gasteiger partial charge in [0, 0.05) is 6.42 Å². The van der Waals surface area contributed by atoms with Crippen molar-refractivity contribution in [2.45, 2.75) is 279 Å². The summed E-state index contributed by atoms with van der Waals surface area (Å²) >= 11 is 0. The number of aliphatic hydroxyl groups excluding tert-OH is 11. The highest BCUT2D eigenvalue weighted by atomic mass is 16.8. The molecule has 3 rings (SSSR count). The molecule has 0 aromatic rings. The Morgan fingerprint density at radius 3 is 1.19 bits per heavy atom. The van der Waals surface area contributed by atoms with Crippen molar-refractivity contribution in [3.05, 3.63) is 158 Å². The second kappa shape index (κ2) is 54.4. The molecule has 0 bridgehead atoms. The lowest BCUT2D eigenvalue weighted by atomic mass is 9.96. The number of rotatable bonds is 50. The maximum absolute atomic E-state index is 13.3. The predicted molar refractivity (Wildman–Crippen MR) is 369 cm³/mol. The maximum atomic E-state index is 13.3. The van der Waals surface area contributed by atoms with E-state index in [1.54, 1.807) is 6.08 Å². The number of nitrogens with one attached hydrogen (secondary N) is 1. The third-order valence-electron chi connectivity index (χ3n) is 16.1. The van der Waals surface area contributed by atoms with Gasteiger partial charge >= 0.3 is 0 Å². The van der Waals surface area contributed by atoms with Crippen molar-refractivity contribution in [1.82, 2.24) is 5.32 Å². The lowest BCUT2D eigenvalue weighted by molar-refractivity contribution is -0.379. The standard InChI is InChI=1S/C75H119NO18/c1-3-5-7-9-11-13-14-15-16-17-18-19-20-21-22-23-24-25-26-27-28-29-30-31-32-33-34-35-36-37-38-39-40-41-42-43-44-45-47-49-51-53-63(81)76-58(59(80)52-50-48-46-12-10-8-6-4-2)57-89-73-69(87)66(84)71(61(55-78)91-73)94-75-70(88)67(85)72(62(56-79)92-75)93-74-68(86)65(83)64(82)60(54-77)90-74/h5,7,10-13,15-16,18-19,21-22,24-25,27-28,30-31,33-34,36-37,39-40,50,52,58-62,64-75,77-80,82-88H,3-4,6,8-9,14,17,20,23,26,29,32,35,38,41-49,51,53-57H2,1-2H3,(H,76,81)/b7-5-,12-10+,13-11-,16-15-,19-18-,22-21-,25-24-,28-27-,31-30-,34-33-,37-36-,40-39-,52-50+. The lowest BCUT2D eigenvalue weighted by Crippen LogP contribution is -2.66. The molecule has 1 amide bonds. The Labute approximate surface area is 561 Å². The second-order valence-corrected chi connectivity index (χ2v) is 23.9. The van der Waals surface area contributed by atoms with Gasteiger partial charge in [-0.25, -0.2) is 0 Å². The van der Waals surface area contributed by atoms with E-state index in [1.165, 1.54) is 0 Å². The summed E-state index contributed by atoms with van der Waals surface area (Å²) in [6.07, 6.45) is 52.8. The van der Waals surface area contributed by atoms with E-state index in [2.05, 4.69) is 165 Å². The molecule has 3 saturated heterocycles. The van der Waals surface area contributed by atoms with Gasteiger partial charge < -0.3 is 89.9 Å². The van der Waals surface area contributed by atoms with Gasteiger partial charge in [-0.1, -0.05) is 217 Å². The van der Waals surface area contributed by atoms with Gasteiger partial charge in [0.05, 0.1) is 38.6 Å². The van der Waals surface area contributed by atoms with Gasteiger partial charge in [0.15, 0.2) is 18.9 Å². The highest BCUT2D eigenvalue weighted by Crippen LogP contribution is 2.33. The van der Waals surface area contributed by atoms with Gasteiger partial charge in [0.1, 0.15) is 73.2 Å². The summed E-state index contributed by atoms with van der Waals surface area (Å²) < 4.78 is 34.2. The molecule has 17 atom stereocenters. The van der Waals surface area contributed by atoms with Crippen LogP contribution in [-0.2, 0) is 33.2 Å². The van der Waals surface area contributed by atoms with E-state index >= 15 is 0 Å². The van der Waals surface area contributed by atoms with Crippen LogP contribution in [0.3, 0.4) is 0 Å². The van der Waals surface area contributed by atoms with Crippen LogP contribution in [0.15, 0.2) is 158 Å². The summed E-state index contributed by atoms with van der Waals surface area (Å²) in [5, 5.41) is 120. The third-order valence-corrected chi connectivity index (χ3v) is 16.1. The summed E-state index contributed by atoms with van der Waals surface area (Å²) in [4.78, 5) is 13.3. The average Bonchev–Trinajstić information content (AvgIpc) is 0.834. The molecular weight excluding hydrogens is 1200 g/mol. The molecule has 19 heteroatoms. The van der Waals surface area contributed by atoms with Crippen LogP contribution >= 0.6 is 0 Å². The molecule has 0 aromatic carbocycles. The molecule has 94 heavy (non-hydrogen) atoms. The van der Waals surface area contributed by atoms with E-state index in [0.717, 1.165) is 141 Å². The maximum Gasteiger partial charge on any atom is 0.220 e. The Hall–Kier alpha value is -4.59. The van der Waals surface area contributed by atoms with Crippen molar-refractivity contribution in [3.63, 3.8) is 0 Å². The van der Waals surface area contributed by atoms with Gasteiger partial charge in [-0.2, -0.15) is 0 Å². The number of allylic oxidation sites excluding steroid dienone is 25. The Balaban J connectivity index is 1.30. The summed E-state index contributed by atoms with van der Waals surface area (Å²) in [5.74, 6) is -0.309. The van der Waals surface area contributed by atoms with Crippen LogP contribution in [0, 0.1) is 0 Å². The zero-order valence-corrected chi connectivity index (χ0v) is 56.1. The monoisotopic (exact) mass is 1320 g/mol. The number of hydrogen-bond donors (Lipinski definition) is 12. The molecule has 0 saturated carbocycles. The molecule has 17 unspecified atom stereocenters. The third kappa shape index (κ3) is 35.6.